The summed E-state index contributed by atoms with van der Waals surface area (Å²) < 4.78 is 0. The highest BCUT2D eigenvalue weighted by Gasteiger charge is 2.04. The summed E-state index contributed by atoms with van der Waals surface area (Å²) in [5.41, 5.74) is 1.86. The minimum atomic E-state index is 0.704. The molecule has 0 saturated heterocycles. The van der Waals surface area contributed by atoms with Crippen molar-refractivity contribution in [3.8, 4) is 6.07 Å². The van der Waals surface area contributed by atoms with Gasteiger partial charge in [0.25, 0.3) is 0 Å². The van der Waals surface area contributed by atoms with Crippen molar-refractivity contribution in [3.05, 3.63) is 58.6 Å². The third-order valence-electron chi connectivity index (χ3n) is 2.30. The molecule has 0 amide bonds. The van der Waals surface area contributed by atoms with Crippen molar-refractivity contribution in [2.45, 2.75) is 16.7 Å². The van der Waals surface area contributed by atoms with Crippen LogP contribution in [0.25, 0.3) is 0 Å². The monoisotopic (exact) mass is 259 g/mol. The van der Waals surface area contributed by atoms with Crippen molar-refractivity contribution in [2.75, 3.05) is 0 Å². The molecule has 0 aliphatic carbocycles. The Morgan fingerprint density at radius 1 is 1.12 bits per heavy atom. The van der Waals surface area contributed by atoms with Crippen LogP contribution in [-0.4, -0.2) is 0 Å². The molecule has 2 aromatic carbocycles. The largest absolute Gasteiger partial charge is 0.192 e. The Morgan fingerprint density at radius 3 is 2.47 bits per heavy atom. The molecule has 1 nitrogen and oxygen atoms in total. The number of aryl methyl sites for hydroxylation is 1. The summed E-state index contributed by atoms with van der Waals surface area (Å²) in [5, 5.41) is 9.77. The van der Waals surface area contributed by atoms with Gasteiger partial charge < -0.3 is 0 Å². The van der Waals surface area contributed by atoms with Crippen molar-refractivity contribution >= 4 is 23.4 Å². The van der Waals surface area contributed by atoms with Gasteiger partial charge in [-0.2, -0.15) is 5.26 Å². The molecule has 0 aliphatic rings. The Labute approximate surface area is 110 Å². The molecule has 0 saturated carbocycles. The quantitative estimate of drug-likeness (QED) is 0.782. The van der Waals surface area contributed by atoms with Gasteiger partial charge in [-0.25, -0.2) is 0 Å². The van der Waals surface area contributed by atoms with E-state index in [4.69, 9.17) is 16.9 Å². The number of halogens is 1. The molecule has 0 N–H and O–H groups in total. The van der Waals surface area contributed by atoms with E-state index < -0.39 is 0 Å². The summed E-state index contributed by atoms with van der Waals surface area (Å²) in [4.78, 5) is 2.06. The Kier molecular flexibility index (Phi) is 3.73. The van der Waals surface area contributed by atoms with Crippen LogP contribution in [-0.2, 0) is 0 Å². The van der Waals surface area contributed by atoms with Crippen LogP contribution in [0, 0.1) is 18.3 Å². The zero-order valence-electron chi connectivity index (χ0n) is 9.27. The van der Waals surface area contributed by atoms with Crippen molar-refractivity contribution in [1.82, 2.24) is 0 Å². The van der Waals surface area contributed by atoms with Gasteiger partial charge in [-0.3, -0.25) is 0 Å². The van der Waals surface area contributed by atoms with Crippen molar-refractivity contribution < 1.29 is 0 Å². The lowest BCUT2D eigenvalue weighted by Crippen LogP contribution is -1.83. The van der Waals surface area contributed by atoms with Crippen molar-refractivity contribution in [2.24, 2.45) is 0 Å². The van der Waals surface area contributed by atoms with Gasteiger partial charge in [0.1, 0.15) is 6.07 Å². The number of nitriles is 1. The molecule has 0 bridgehead atoms. The highest BCUT2D eigenvalue weighted by atomic mass is 35.5. The van der Waals surface area contributed by atoms with E-state index in [1.807, 2.05) is 49.4 Å². The first-order valence-electron chi connectivity index (χ1n) is 5.13. The molecule has 0 spiro atoms. The fraction of sp³-hybridized carbons (Fsp3) is 0.0714. The van der Waals surface area contributed by atoms with E-state index in [2.05, 4.69) is 6.07 Å². The summed E-state index contributed by atoms with van der Waals surface area (Å²) in [5.74, 6) is 0. The van der Waals surface area contributed by atoms with Crippen LogP contribution in [0.1, 0.15) is 11.1 Å². The van der Waals surface area contributed by atoms with Crippen LogP contribution in [0.15, 0.2) is 52.3 Å². The van der Waals surface area contributed by atoms with E-state index in [1.165, 1.54) is 0 Å². The van der Waals surface area contributed by atoms with Crippen LogP contribution < -0.4 is 0 Å². The van der Waals surface area contributed by atoms with E-state index in [1.54, 1.807) is 11.8 Å². The van der Waals surface area contributed by atoms with Crippen molar-refractivity contribution in [1.29, 1.82) is 5.26 Å². The minimum absolute atomic E-state index is 0.704. The molecule has 0 fully saturated rings. The lowest BCUT2D eigenvalue weighted by atomic mass is 10.2. The molecule has 0 aromatic heterocycles. The second-order valence-electron chi connectivity index (χ2n) is 3.67. The maximum Gasteiger partial charge on any atom is 0.100 e. The maximum atomic E-state index is 9.05. The Bertz CT molecular complexity index is 570. The molecule has 2 aromatic rings. The first-order valence-corrected chi connectivity index (χ1v) is 6.32. The standard InChI is InChI=1S/C14H10ClNS/c1-10-2-3-11(9-16)14(8-10)17-13-6-4-12(15)5-7-13/h2-8H,1H3. The third kappa shape index (κ3) is 3.03. The van der Waals surface area contributed by atoms with Crippen LogP contribution in [0.4, 0.5) is 0 Å². The predicted molar refractivity (Wildman–Crippen MR) is 71.5 cm³/mol. The van der Waals surface area contributed by atoms with Gasteiger partial charge in [0.15, 0.2) is 0 Å². The molecule has 0 atom stereocenters. The normalized spacial score (nSPS) is 9.94. The minimum Gasteiger partial charge on any atom is -0.192 e. The van der Waals surface area contributed by atoms with Gasteiger partial charge in [0, 0.05) is 14.8 Å². The number of rotatable bonds is 2. The first kappa shape index (κ1) is 12.0. The highest BCUT2D eigenvalue weighted by Crippen LogP contribution is 2.31. The van der Waals surface area contributed by atoms with Gasteiger partial charge >= 0.3 is 0 Å². The molecule has 2 rings (SSSR count). The van der Waals surface area contributed by atoms with Crippen LogP contribution in [0.3, 0.4) is 0 Å². The van der Waals surface area contributed by atoms with Crippen LogP contribution in [0.2, 0.25) is 5.02 Å². The average molecular weight is 260 g/mol. The van der Waals surface area contributed by atoms with Crippen LogP contribution >= 0.6 is 23.4 Å². The lowest BCUT2D eigenvalue weighted by Gasteiger charge is -2.05. The maximum absolute atomic E-state index is 9.05. The zero-order chi connectivity index (χ0) is 12.3. The van der Waals surface area contributed by atoms with Gasteiger partial charge in [-0.1, -0.05) is 29.4 Å². The Balaban J connectivity index is 2.32. The number of hydrogen-bond acceptors (Lipinski definition) is 2. The molecule has 0 heterocycles. The Hall–Kier alpha value is -1.43. The molecule has 3 heteroatoms. The highest BCUT2D eigenvalue weighted by molar-refractivity contribution is 7.99. The van der Waals surface area contributed by atoms with Gasteiger partial charge in [0.2, 0.25) is 0 Å². The second-order valence-corrected chi connectivity index (χ2v) is 5.22. The molecule has 0 radical (unpaired) electrons. The average Bonchev–Trinajstić information content (AvgIpc) is 2.32. The molecule has 84 valence electrons. The Morgan fingerprint density at radius 2 is 1.82 bits per heavy atom. The van der Waals surface area contributed by atoms with E-state index in [-0.39, 0.29) is 0 Å². The number of nitrogens with zero attached hydrogens (tertiary/aromatic N) is 1. The summed E-state index contributed by atoms with van der Waals surface area (Å²) in [6, 6.07) is 15.7. The molecule has 0 aliphatic heterocycles. The smallest absolute Gasteiger partial charge is 0.100 e. The summed E-state index contributed by atoms with van der Waals surface area (Å²) in [6.07, 6.45) is 0. The molecular weight excluding hydrogens is 250 g/mol. The van der Waals surface area contributed by atoms with Gasteiger partial charge in [-0.05, 0) is 48.9 Å². The molecule has 17 heavy (non-hydrogen) atoms. The van der Waals surface area contributed by atoms with Crippen molar-refractivity contribution in [3.63, 3.8) is 0 Å². The second kappa shape index (κ2) is 5.27. The molecular formula is C14H10ClNS. The summed E-state index contributed by atoms with van der Waals surface area (Å²) >= 11 is 7.42. The van der Waals surface area contributed by atoms with E-state index in [0.717, 1.165) is 20.4 Å². The SMILES string of the molecule is Cc1ccc(C#N)c(Sc2ccc(Cl)cc2)c1. The topological polar surface area (TPSA) is 23.8 Å². The predicted octanol–water partition coefficient (Wildman–Crippen LogP) is 4.67. The van der Waals surface area contributed by atoms with Gasteiger partial charge in [0.05, 0.1) is 5.56 Å². The zero-order valence-corrected chi connectivity index (χ0v) is 10.8. The molecule has 0 unspecified atom stereocenters. The third-order valence-corrected chi connectivity index (χ3v) is 3.62. The lowest BCUT2D eigenvalue weighted by molar-refractivity contribution is 1.30. The summed E-state index contributed by atoms with van der Waals surface area (Å²) in [6.45, 7) is 2.02. The van der Waals surface area contributed by atoms with Gasteiger partial charge in [-0.15, -0.1) is 0 Å². The number of hydrogen-bond donors (Lipinski definition) is 0. The fourth-order valence-electron chi connectivity index (χ4n) is 1.44. The fourth-order valence-corrected chi connectivity index (χ4v) is 2.56. The van der Waals surface area contributed by atoms with E-state index in [9.17, 15) is 0 Å². The van der Waals surface area contributed by atoms with E-state index in [0.29, 0.717) is 5.56 Å². The van der Waals surface area contributed by atoms with E-state index >= 15 is 0 Å². The van der Waals surface area contributed by atoms with Crippen LogP contribution in [0.5, 0.6) is 0 Å². The first-order chi connectivity index (χ1) is 8.19. The summed E-state index contributed by atoms with van der Waals surface area (Å²) in [7, 11) is 0. The number of benzene rings is 2.